The first-order valence-electron chi connectivity index (χ1n) is 13.2. The standard InChI is InChI=1S/C30H36F3N4O2/c1-18(2)20-11-12-22-24(17-20)37(5)27(35-22)10-8-7-9-25(38)21-15-19(3)34-23(16-21)28-26(39-6)13-14-36(4)29(28)30(31,32)33/h10-12,15-18,35H,7-9,13-14H2,1-6H3/q+1/b27-10-. The number of allylic oxidation sites excluding steroid dienone is 2. The number of aromatic nitrogens is 1. The van der Waals surface area contributed by atoms with Gasteiger partial charge in [-0.25, -0.2) is 4.58 Å². The van der Waals surface area contributed by atoms with E-state index in [0.29, 0.717) is 36.4 Å². The molecule has 4 rings (SSSR count). The summed E-state index contributed by atoms with van der Waals surface area (Å²) in [5.41, 5.74) is 3.48. The van der Waals surface area contributed by atoms with Gasteiger partial charge in [-0.3, -0.25) is 9.78 Å². The lowest BCUT2D eigenvalue weighted by molar-refractivity contribution is -0.504. The Balaban J connectivity index is 1.48. The number of Topliss-reactive ketones (excluding diaryl/α,β-unsaturated/α-hetero) is 1. The number of halogens is 3. The third-order valence-corrected chi connectivity index (χ3v) is 7.24. The summed E-state index contributed by atoms with van der Waals surface area (Å²) in [6.45, 7) is 6.20. The predicted molar refractivity (Wildman–Crippen MR) is 148 cm³/mol. The number of nitrogens with one attached hydrogen (secondary N) is 1. The number of methoxy groups -OCH3 is 1. The molecule has 0 bridgehead atoms. The number of rotatable bonds is 8. The number of nitrogens with zero attached hydrogens (tertiary/aromatic N) is 3. The first kappa shape index (κ1) is 28.4. The van der Waals surface area contributed by atoms with E-state index < -0.39 is 11.9 Å². The molecule has 1 aromatic heterocycles. The Labute approximate surface area is 227 Å². The number of ketones is 1. The molecule has 9 heteroatoms. The zero-order chi connectivity index (χ0) is 28.5. The first-order chi connectivity index (χ1) is 18.4. The summed E-state index contributed by atoms with van der Waals surface area (Å²) in [7, 11) is 4.78. The maximum Gasteiger partial charge on any atom is 0.477 e. The number of carbonyl (C=O) groups is 1. The second-order valence-electron chi connectivity index (χ2n) is 10.4. The first-order valence-corrected chi connectivity index (χ1v) is 13.2. The van der Waals surface area contributed by atoms with Gasteiger partial charge in [0.2, 0.25) is 0 Å². The molecule has 1 aromatic carbocycles. The van der Waals surface area contributed by atoms with Crippen molar-refractivity contribution in [3.63, 3.8) is 0 Å². The number of hydrogen-bond donors (Lipinski definition) is 1. The average molecular weight is 542 g/mol. The fourth-order valence-corrected chi connectivity index (χ4v) is 5.09. The van der Waals surface area contributed by atoms with E-state index in [9.17, 15) is 18.0 Å². The minimum Gasteiger partial charge on any atom is -0.500 e. The number of pyridine rings is 1. The Morgan fingerprint density at radius 3 is 2.67 bits per heavy atom. The van der Waals surface area contributed by atoms with Crippen LogP contribution in [0.15, 0.2) is 48.0 Å². The molecular formula is C30H36F3N4O2+. The molecule has 0 saturated heterocycles. The molecule has 3 heterocycles. The lowest BCUT2D eigenvalue weighted by Crippen LogP contribution is -2.37. The SMILES string of the molecule is COC1=C(c2cc(C(=O)CCC/C=C3/Nc4ccc(C(C)C)cc4N3C)cc(C)n2)C(C(F)(F)F)=[N+](C)CC1. The van der Waals surface area contributed by atoms with E-state index in [1.165, 1.54) is 30.4 Å². The molecule has 0 aliphatic carbocycles. The molecule has 6 nitrogen and oxygen atoms in total. The van der Waals surface area contributed by atoms with Crippen molar-refractivity contribution in [3.05, 3.63) is 70.5 Å². The largest absolute Gasteiger partial charge is 0.500 e. The fraction of sp³-hybridized carbons (Fsp3) is 0.433. The lowest BCUT2D eigenvalue weighted by atomic mass is 9.96. The quantitative estimate of drug-likeness (QED) is 0.230. The molecule has 0 atom stereocenters. The number of unbranched alkanes of at least 4 members (excludes halogenated alkanes) is 1. The van der Waals surface area contributed by atoms with Crippen LogP contribution < -0.4 is 10.2 Å². The van der Waals surface area contributed by atoms with E-state index in [1.54, 1.807) is 13.0 Å². The number of hydrogen-bond acceptors (Lipinski definition) is 5. The zero-order valence-corrected chi connectivity index (χ0v) is 23.4. The van der Waals surface area contributed by atoms with Gasteiger partial charge in [-0.05, 0) is 61.6 Å². The van der Waals surface area contributed by atoms with Gasteiger partial charge in [0, 0.05) is 24.7 Å². The van der Waals surface area contributed by atoms with Crippen LogP contribution >= 0.6 is 0 Å². The highest BCUT2D eigenvalue weighted by Gasteiger charge is 2.49. The summed E-state index contributed by atoms with van der Waals surface area (Å²) >= 11 is 0. The number of carbonyl (C=O) groups excluding carboxylic acids is 1. The molecule has 208 valence electrons. The molecule has 0 spiro atoms. The number of fused-ring (bicyclic) bond motifs is 1. The van der Waals surface area contributed by atoms with Crippen LogP contribution in [0.3, 0.4) is 0 Å². The number of anilines is 2. The van der Waals surface area contributed by atoms with Crippen LogP contribution in [0.1, 0.15) is 72.8 Å². The van der Waals surface area contributed by atoms with E-state index in [0.717, 1.165) is 17.2 Å². The van der Waals surface area contributed by atoms with Crippen molar-refractivity contribution < 1.29 is 27.3 Å². The van der Waals surface area contributed by atoms with Crippen molar-refractivity contribution >= 4 is 28.4 Å². The molecule has 0 amide bonds. The lowest BCUT2D eigenvalue weighted by Gasteiger charge is -2.21. The minimum atomic E-state index is -4.59. The van der Waals surface area contributed by atoms with Crippen LogP contribution in [0.2, 0.25) is 0 Å². The zero-order valence-electron chi connectivity index (χ0n) is 23.4. The van der Waals surface area contributed by atoms with Crippen LogP contribution in [-0.4, -0.2) is 55.0 Å². The highest BCUT2D eigenvalue weighted by molar-refractivity contribution is 6.24. The molecule has 0 fully saturated rings. The average Bonchev–Trinajstić information content (AvgIpc) is 3.19. The number of aryl methyl sites for hydroxylation is 1. The number of benzene rings is 1. The Kier molecular flexibility index (Phi) is 8.18. The number of ether oxygens (including phenoxy) is 1. The highest BCUT2D eigenvalue weighted by Crippen LogP contribution is 2.38. The molecule has 1 N–H and O–H groups in total. The topological polar surface area (TPSA) is 57.5 Å². The van der Waals surface area contributed by atoms with E-state index >= 15 is 0 Å². The molecular weight excluding hydrogens is 505 g/mol. The maximum absolute atomic E-state index is 14.0. The summed E-state index contributed by atoms with van der Waals surface area (Å²) in [4.78, 5) is 19.6. The van der Waals surface area contributed by atoms with Crippen LogP contribution in [0.5, 0.6) is 0 Å². The van der Waals surface area contributed by atoms with Crippen molar-refractivity contribution in [1.82, 2.24) is 4.98 Å². The number of alkyl halides is 3. The van der Waals surface area contributed by atoms with E-state index in [1.807, 2.05) is 7.05 Å². The molecule has 2 aliphatic heterocycles. The van der Waals surface area contributed by atoms with E-state index in [2.05, 4.69) is 53.3 Å². The summed E-state index contributed by atoms with van der Waals surface area (Å²) in [6.07, 6.45) is -0.640. The normalized spacial score (nSPS) is 16.8. The van der Waals surface area contributed by atoms with Crippen molar-refractivity contribution in [1.29, 1.82) is 0 Å². The Bertz CT molecular complexity index is 1370. The van der Waals surface area contributed by atoms with Crippen LogP contribution in [0, 0.1) is 6.92 Å². The van der Waals surface area contributed by atoms with Gasteiger partial charge in [0.05, 0.1) is 30.6 Å². The molecule has 0 unspecified atom stereocenters. The molecule has 2 aromatic rings. The van der Waals surface area contributed by atoms with Gasteiger partial charge in [-0.15, -0.1) is 0 Å². The second-order valence-corrected chi connectivity index (χ2v) is 10.4. The second kappa shape index (κ2) is 11.2. The van der Waals surface area contributed by atoms with Crippen LogP contribution in [0.25, 0.3) is 5.57 Å². The molecule has 0 saturated carbocycles. The van der Waals surface area contributed by atoms with Gasteiger partial charge in [-0.1, -0.05) is 19.9 Å². The molecule has 0 radical (unpaired) electrons. The third-order valence-electron chi connectivity index (χ3n) is 7.24. The van der Waals surface area contributed by atoms with Crippen molar-refractivity contribution in [2.45, 2.75) is 58.5 Å². The fourth-order valence-electron chi connectivity index (χ4n) is 5.09. The third kappa shape index (κ3) is 6.02. The smallest absolute Gasteiger partial charge is 0.477 e. The van der Waals surface area contributed by atoms with Crippen molar-refractivity contribution in [2.24, 2.45) is 0 Å². The Morgan fingerprint density at radius 2 is 2.00 bits per heavy atom. The summed E-state index contributed by atoms with van der Waals surface area (Å²) < 4.78 is 48.6. The van der Waals surface area contributed by atoms with Gasteiger partial charge in [0.25, 0.3) is 5.71 Å². The Hall–Kier alpha value is -3.62. The van der Waals surface area contributed by atoms with Gasteiger partial charge in [0.15, 0.2) is 5.78 Å². The summed E-state index contributed by atoms with van der Waals surface area (Å²) in [6, 6.07) is 9.50. The van der Waals surface area contributed by atoms with E-state index in [4.69, 9.17) is 4.74 Å². The van der Waals surface area contributed by atoms with E-state index in [-0.39, 0.29) is 35.8 Å². The highest BCUT2D eigenvalue weighted by atomic mass is 19.4. The van der Waals surface area contributed by atoms with Gasteiger partial charge in [-0.2, -0.15) is 13.2 Å². The maximum atomic E-state index is 14.0. The van der Waals surface area contributed by atoms with Gasteiger partial charge < -0.3 is 15.0 Å². The monoisotopic (exact) mass is 541 g/mol. The van der Waals surface area contributed by atoms with Gasteiger partial charge >= 0.3 is 6.18 Å². The van der Waals surface area contributed by atoms with Crippen LogP contribution in [0.4, 0.5) is 24.5 Å². The summed E-state index contributed by atoms with van der Waals surface area (Å²) in [5, 5.41) is 3.43. The van der Waals surface area contributed by atoms with Crippen LogP contribution in [-0.2, 0) is 4.74 Å². The van der Waals surface area contributed by atoms with Crippen molar-refractivity contribution in [2.75, 3.05) is 38.0 Å². The minimum absolute atomic E-state index is 0.100. The Morgan fingerprint density at radius 1 is 1.26 bits per heavy atom. The molecule has 2 aliphatic rings. The van der Waals surface area contributed by atoms with Crippen molar-refractivity contribution in [3.8, 4) is 0 Å². The predicted octanol–water partition coefficient (Wildman–Crippen LogP) is 6.68. The molecule has 39 heavy (non-hydrogen) atoms. The van der Waals surface area contributed by atoms with Gasteiger partial charge in [0.1, 0.15) is 30.7 Å². The summed E-state index contributed by atoms with van der Waals surface area (Å²) in [5.74, 6) is 1.50.